The first kappa shape index (κ1) is 20.1. The van der Waals surface area contributed by atoms with Crippen molar-refractivity contribution in [3.63, 3.8) is 0 Å². The number of carbonyl (C=O) groups excluding carboxylic acids is 2. The minimum atomic E-state index is -1.22. The maximum absolute atomic E-state index is 13.0. The fourth-order valence-electron chi connectivity index (χ4n) is 2.98. The van der Waals surface area contributed by atoms with E-state index in [4.69, 9.17) is 0 Å². The molecule has 0 unspecified atom stereocenters. The number of hydrogen-bond acceptors (Lipinski definition) is 3. The monoisotopic (exact) mass is 392 g/mol. The summed E-state index contributed by atoms with van der Waals surface area (Å²) in [5, 5.41) is 5.42. The fraction of sp³-hybridized carbons (Fsp3) is 0.227. The molecule has 0 saturated carbocycles. The summed E-state index contributed by atoms with van der Waals surface area (Å²) < 4.78 is 3.17. The van der Waals surface area contributed by atoms with Gasteiger partial charge in [-0.05, 0) is 45.0 Å². The minimum Gasteiger partial charge on any atom is -0.338 e. The summed E-state index contributed by atoms with van der Waals surface area (Å²) in [4.78, 5) is 38.3. The van der Waals surface area contributed by atoms with E-state index in [0.717, 1.165) is 0 Å². The predicted octanol–water partition coefficient (Wildman–Crippen LogP) is 2.63. The maximum atomic E-state index is 13.0. The standard InChI is InChI=1S/C22H24N4O3/c1-15-18(20(28)26(25(15)4)17-13-9-6-10-14-17)23-21(29)22(2,3)24-19(27)16-11-7-5-8-12-16/h5-14H,1-4H3,(H,23,29)(H,24,27). The van der Waals surface area contributed by atoms with Gasteiger partial charge in [-0.2, -0.15) is 0 Å². The first-order chi connectivity index (χ1) is 13.7. The maximum Gasteiger partial charge on any atom is 0.295 e. The van der Waals surface area contributed by atoms with Crippen molar-refractivity contribution >= 4 is 17.5 Å². The Morgan fingerprint density at radius 3 is 2.07 bits per heavy atom. The molecule has 2 N–H and O–H groups in total. The molecule has 0 saturated heterocycles. The quantitative estimate of drug-likeness (QED) is 0.700. The Hall–Kier alpha value is -3.61. The zero-order valence-corrected chi connectivity index (χ0v) is 16.9. The van der Waals surface area contributed by atoms with Crippen molar-refractivity contribution in [2.75, 3.05) is 5.32 Å². The molecule has 0 fully saturated rings. The molecular weight excluding hydrogens is 368 g/mol. The molecule has 0 spiro atoms. The number of aromatic nitrogens is 2. The molecule has 2 aromatic carbocycles. The summed E-state index contributed by atoms with van der Waals surface area (Å²) in [6.45, 7) is 4.94. The van der Waals surface area contributed by atoms with Gasteiger partial charge in [0.25, 0.3) is 11.5 Å². The fourth-order valence-corrected chi connectivity index (χ4v) is 2.98. The molecular formula is C22H24N4O3. The van der Waals surface area contributed by atoms with E-state index in [1.807, 2.05) is 36.4 Å². The number of para-hydroxylation sites is 1. The van der Waals surface area contributed by atoms with Gasteiger partial charge in [0.1, 0.15) is 11.2 Å². The van der Waals surface area contributed by atoms with E-state index in [2.05, 4.69) is 10.6 Å². The number of nitrogens with one attached hydrogen (secondary N) is 2. The molecule has 3 rings (SSSR count). The highest BCUT2D eigenvalue weighted by Crippen LogP contribution is 2.16. The average Bonchev–Trinajstić information content (AvgIpc) is 2.92. The summed E-state index contributed by atoms with van der Waals surface area (Å²) in [6, 6.07) is 17.8. The van der Waals surface area contributed by atoms with Crippen LogP contribution in [0.15, 0.2) is 65.5 Å². The van der Waals surface area contributed by atoms with Crippen LogP contribution in [0.5, 0.6) is 0 Å². The van der Waals surface area contributed by atoms with Crippen LogP contribution in [-0.2, 0) is 11.8 Å². The Morgan fingerprint density at radius 2 is 1.48 bits per heavy atom. The van der Waals surface area contributed by atoms with Crippen molar-refractivity contribution in [2.24, 2.45) is 7.05 Å². The van der Waals surface area contributed by atoms with Gasteiger partial charge < -0.3 is 10.6 Å². The van der Waals surface area contributed by atoms with Crippen LogP contribution < -0.4 is 16.2 Å². The van der Waals surface area contributed by atoms with Crippen LogP contribution in [0.2, 0.25) is 0 Å². The Labute approximate surface area is 169 Å². The number of carbonyl (C=O) groups is 2. The first-order valence-corrected chi connectivity index (χ1v) is 9.25. The Bertz CT molecular complexity index is 1100. The van der Waals surface area contributed by atoms with E-state index in [9.17, 15) is 14.4 Å². The van der Waals surface area contributed by atoms with Crippen LogP contribution in [0.25, 0.3) is 5.69 Å². The van der Waals surface area contributed by atoms with E-state index in [1.54, 1.807) is 56.8 Å². The molecule has 0 atom stereocenters. The summed E-state index contributed by atoms with van der Waals surface area (Å²) in [5.74, 6) is -0.843. The van der Waals surface area contributed by atoms with E-state index >= 15 is 0 Å². The van der Waals surface area contributed by atoms with Crippen molar-refractivity contribution in [1.29, 1.82) is 0 Å². The van der Waals surface area contributed by atoms with Gasteiger partial charge in [-0.1, -0.05) is 36.4 Å². The highest BCUT2D eigenvalue weighted by Gasteiger charge is 2.31. The van der Waals surface area contributed by atoms with Gasteiger partial charge in [0, 0.05) is 12.6 Å². The third-order valence-electron chi connectivity index (χ3n) is 4.82. The summed E-state index contributed by atoms with van der Waals surface area (Å²) in [7, 11) is 1.75. The molecule has 0 bridgehead atoms. The molecule has 7 nitrogen and oxygen atoms in total. The molecule has 1 heterocycles. The molecule has 3 aromatic rings. The van der Waals surface area contributed by atoms with Gasteiger partial charge in [0.05, 0.1) is 11.4 Å². The van der Waals surface area contributed by atoms with Crippen LogP contribution in [-0.4, -0.2) is 26.7 Å². The SMILES string of the molecule is Cc1c(NC(=O)C(C)(C)NC(=O)c2ccccc2)c(=O)n(-c2ccccc2)n1C. The molecule has 150 valence electrons. The lowest BCUT2D eigenvalue weighted by atomic mass is 10.0. The van der Waals surface area contributed by atoms with Crippen molar-refractivity contribution in [3.05, 3.63) is 82.3 Å². The van der Waals surface area contributed by atoms with E-state index in [-0.39, 0.29) is 17.2 Å². The second-order valence-electron chi connectivity index (χ2n) is 7.34. The Balaban J connectivity index is 1.85. The molecule has 7 heteroatoms. The normalized spacial score (nSPS) is 11.2. The largest absolute Gasteiger partial charge is 0.338 e. The van der Waals surface area contributed by atoms with Crippen molar-refractivity contribution in [2.45, 2.75) is 26.3 Å². The van der Waals surface area contributed by atoms with E-state index in [1.165, 1.54) is 4.68 Å². The minimum absolute atomic E-state index is 0.184. The number of nitrogens with zero attached hydrogens (tertiary/aromatic N) is 2. The summed E-state index contributed by atoms with van der Waals surface area (Å²) >= 11 is 0. The van der Waals surface area contributed by atoms with Crippen LogP contribution in [0.3, 0.4) is 0 Å². The van der Waals surface area contributed by atoms with Gasteiger partial charge >= 0.3 is 0 Å². The van der Waals surface area contributed by atoms with Gasteiger partial charge in [0.15, 0.2) is 0 Å². The highest BCUT2D eigenvalue weighted by atomic mass is 16.2. The molecule has 0 aliphatic carbocycles. The zero-order chi connectivity index (χ0) is 21.2. The van der Waals surface area contributed by atoms with Crippen molar-refractivity contribution < 1.29 is 9.59 Å². The van der Waals surface area contributed by atoms with Crippen LogP contribution in [0.1, 0.15) is 29.9 Å². The Kier molecular flexibility index (Phi) is 5.41. The van der Waals surface area contributed by atoms with Crippen LogP contribution in [0, 0.1) is 6.92 Å². The highest BCUT2D eigenvalue weighted by molar-refractivity contribution is 6.03. The second-order valence-corrected chi connectivity index (χ2v) is 7.34. The third kappa shape index (κ3) is 3.99. The predicted molar refractivity (Wildman–Crippen MR) is 112 cm³/mol. The lowest BCUT2D eigenvalue weighted by molar-refractivity contribution is -0.121. The van der Waals surface area contributed by atoms with E-state index in [0.29, 0.717) is 16.9 Å². The van der Waals surface area contributed by atoms with Gasteiger partial charge in [-0.15, -0.1) is 0 Å². The summed E-state index contributed by atoms with van der Waals surface area (Å²) in [5.41, 5.74) is 0.380. The molecule has 1 aromatic heterocycles. The molecule has 2 amide bonds. The third-order valence-corrected chi connectivity index (χ3v) is 4.82. The topological polar surface area (TPSA) is 85.1 Å². The number of benzene rings is 2. The van der Waals surface area contributed by atoms with Gasteiger partial charge in [-0.25, -0.2) is 4.68 Å². The Morgan fingerprint density at radius 1 is 0.931 bits per heavy atom. The smallest absolute Gasteiger partial charge is 0.295 e. The van der Waals surface area contributed by atoms with Crippen molar-refractivity contribution in [3.8, 4) is 5.69 Å². The molecule has 0 radical (unpaired) electrons. The van der Waals surface area contributed by atoms with Gasteiger partial charge in [-0.3, -0.25) is 19.1 Å². The number of rotatable bonds is 5. The lowest BCUT2D eigenvalue weighted by Gasteiger charge is -2.25. The second kappa shape index (κ2) is 7.79. The van der Waals surface area contributed by atoms with Crippen molar-refractivity contribution in [1.82, 2.24) is 14.7 Å². The number of amides is 2. The number of anilines is 1. The molecule has 0 aliphatic rings. The van der Waals surface area contributed by atoms with Crippen LogP contribution in [0.4, 0.5) is 5.69 Å². The molecule has 29 heavy (non-hydrogen) atoms. The molecule has 0 aliphatic heterocycles. The zero-order valence-electron chi connectivity index (χ0n) is 16.9. The lowest BCUT2D eigenvalue weighted by Crippen LogP contribution is -2.52. The number of hydrogen-bond donors (Lipinski definition) is 2. The van der Waals surface area contributed by atoms with Crippen LogP contribution >= 0.6 is 0 Å². The van der Waals surface area contributed by atoms with Gasteiger partial charge in [0.2, 0.25) is 5.91 Å². The average molecular weight is 392 g/mol. The summed E-state index contributed by atoms with van der Waals surface area (Å²) in [6.07, 6.45) is 0. The van der Waals surface area contributed by atoms with E-state index < -0.39 is 11.4 Å². The first-order valence-electron chi connectivity index (χ1n) is 9.25.